The smallest absolute Gasteiger partial charge is 0.268 e. The third-order valence-corrected chi connectivity index (χ3v) is 8.57. The highest BCUT2D eigenvalue weighted by Crippen LogP contribution is 2.33. The van der Waals surface area contributed by atoms with Crippen molar-refractivity contribution in [3.63, 3.8) is 0 Å². The van der Waals surface area contributed by atoms with Gasteiger partial charge in [-0.15, -0.1) is 0 Å². The molecule has 4 N–H and O–H groups in total. The maximum atomic E-state index is 13.1. The molecule has 2 heterocycles. The minimum Gasteiger partial charge on any atom is -0.489 e. The average molecular weight is 541 g/mol. The minimum atomic E-state index is -4.19. The maximum absolute atomic E-state index is 13.1. The second-order valence-electron chi connectivity index (χ2n) is 9.84. The van der Waals surface area contributed by atoms with E-state index in [1.54, 1.807) is 0 Å². The Kier molecular flexibility index (Phi) is 6.82. The number of ether oxygens (including phenoxy) is 1. The van der Waals surface area contributed by atoms with Crippen molar-refractivity contribution in [2.45, 2.75) is 42.9 Å². The Balaban J connectivity index is 1.26. The number of hydrogen-bond donors (Lipinski definition) is 4. The maximum Gasteiger partial charge on any atom is 0.268 e. The number of sulfonamides is 1. The van der Waals surface area contributed by atoms with Gasteiger partial charge in [-0.25, -0.2) is 13.9 Å². The van der Waals surface area contributed by atoms with E-state index >= 15 is 0 Å². The SMILES string of the molecule is Cc1cc(COc2ccc(S(=O)(=O)NC3(C(=O)NO)CN(C(=O)C4CC(O)C4)C3)cc2)c2ccccc2n1. The Morgan fingerprint density at radius 3 is 2.47 bits per heavy atom. The number of benzene rings is 2. The van der Waals surface area contributed by atoms with Crippen LogP contribution in [0.1, 0.15) is 24.1 Å². The van der Waals surface area contributed by atoms with Crippen LogP contribution in [0, 0.1) is 12.8 Å². The van der Waals surface area contributed by atoms with Crippen LogP contribution in [-0.4, -0.2) is 65.2 Å². The molecule has 0 unspecified atom stereocenters. The summed E-state index contributed by atoms with van der Waals surface area (Å²) >= 11 is 0. The normalized spacial score (nSPS) is 20.3. The van der Waals surface area contributed by atoms with Gasteiger partial charge in [-0.3, -0.25) is 19.8 Å². The van der Waals surface area contributed by atoms with E-state index in [2.05, 4.69) is 9.71 Å². The van der Waals surface area contributed by atoms with Crippen LogP contribution < -0.4 is 14.9 Å². The molecule has 38 heavy (non-hydrogen) atoms. The average Bonchev–Trinajstić information content (AvgIpc) is 2.86. The van der Waals surface area contributed by atoms with Crippen molar-refractivity contribution in [3.8, 4) is 5.75 Å². The van der Waals surface area contributed by atoms with Gasteiger partial charge in [-0.2, -0.15) is 4.72 Å². The lowest BCUT2D eigenvalue weighted by atomic mass is 9.79. The van der Waals surface area contributed by atoms with Crippen molar-refractivity contribution in [2.75, 3.05) is 13.1 Å². The molecule has 1 aromatic heterocycles. The van der Waals surface area contributed by atoms with E-state index in [4.69, 9.17) is 4.74 Å². The standard InChI is InChI=1S/C26H28N4O7S/c1-16-10-18(22-4-2-3-5-23(22)27-16)13-37-20-6-8-21(9-7-20)38(35,36)29-26(25(33)28-34)14-30(15-26)24(32)17-11-19(31)12-17/h2-10,17,19,29,31,34H,11-15H2,1H3,(H,28,33). The summed E-state index contributed by atoms with van der Waals surface area (Å²) in [4.78, 5) is 30.7. The fourth-order valence-electron chi connectivity index (χ4n) is 4.88. The van der Waals surface area contributed by atoms with Crippen LogP contribution in [0.3, 0.4) is 0 Å². The molecule has 2 fully saturated rings. The minimum absolute atomic E-state index is 0.105. The van der Waals surface area contributed by atoms with E-state index in [1.807, 2.05) is 37.3 Å². The fraction of sp³-hybridized carbons (Fsp3) is 0.346. The Morgan fingerprint density at radius 1 is 1.13 bits per heavy atom. The molecule has 1 saturated heterocycles. The number of rotatable bonds is 8. The number of para-hydroxylation sites is 1. The summed E-state index contributed by atoms with van der Waals surface area (Å²) in [5.74, 6) is -1.11. The van der Waals surface area contributed by atoms with Gasteiger partial charge in [-0.05, 0) is 56.2 Å². The Bertz CT molecular complexity index is 1480. The van der Waals surface area contributed by atoms with E-state index in [0.717, 1.165) is 22.2 Å². The summed E-state index contributed by atoms with van der Waals surface area (Å²) in [5, 5.41) is 19.6. The van der Waals surface area contributed by atoms with Crippen molar-refractivity contribution in [3.05, 3.63) is 65.9 Å². The summed E-state index contributed by atoms with van der Waals surface area (Å²) in [5.41, 5.74) is 2.46. The fourth-order valence-corrected chi connectivity index (χ4v) is 6.23. The number of hydroxylamine groups is 1. The number of likely N-dealkylation sites (tertiary alicyclic amines) is 1. The first kappa shape index (κ1) is 26.0. The zero-order valence-electron chi connectivity index (χ0n) is 20.6. The molecule has 0 spiro atoms. The van der Waals surface area contributed by atoms with Crippen molar-refractivity contribution in [1.82, 2.24) is 20.1 Å². The largest absolute Gasteiger partial charge is 0.489 e. The van der Waals surface area contributed by atoms with Crippen LogP contribution in [0.2, 0.25) is 0 Å². The van der Waals surface area contributed by atoms with E-state index in [-0.39, 0.29) is 36.4 Å². The van der Waals surface area contributed by atoms with E-state index in [0.29, 0.717) is 18.6 Å². The third-order valence-electron chi connectivity index (χ3n) is 7.02. The van der Waals surface area contributed by atoms with Gasteiger partial charge in [0.05, 0.1) is 29.6 Å². The van der Waals surface area contributed by atoms with Crippen molar-refractivity contribution in [2.24, 2.45) is 5.92 Å². The molecular weight excluding hydrogens is 512 g/mol. The van der Waals surface area contributed by atoms with E-state index in [1.165, 1.54) is 34.6 Å². The number of aliphatic hydroxyl groups excluding tert-OH is 1. The van der Waals surface area contributed by atoms with Gasteiger partial charge < -0.3 is 14.7 Å². The van der Waals surface area contributed by atoms with Gasteiger partial charge in [0.2, 0.25) is 15.9 Å². The third kappa shape index (κ3) is 4.95. The zero-order chi connectivity index (χ0) is 27.1. The molecule has 12 heteroatoms. The molecule has 200 valence electrons. The molecule has 2 aromatic carbocycles. The number of pyridine rings is 1. The highest BCUT2D eigenvalue weighted by Gasteiger charge is 2.55. The van der Waals surface area contributed by atoms with Crippen molar-refractivity contribution >= 4 is 32.7 Å². The van der Waals surface area contributed by atoms with E-state index in [9.17, 15) is 28.3 Å². The lowest BCUT2D eigenvalue weighted by Gasteiger charge is -2.50. The number of carbonyl (C=O) groups excluding carboxylic acids is 2. The molecule has 5 rings (SSSR count). The molecule has 11 nitrogen and oxygen atoms in total. The van der Waals surface area contributed by atoms with Gasteiger partial charge in [0.25, 0.3) is 5.91 Å². The lowest BCUT2D eigenvalue weighted by molar-refractivity contribution is -0.157. The second kappa shape index (κ2) is 9.95. The quantitative estimate of drug-likeness (QED) is 0.246. The molecule has 0 bridgehead atoms. The molecule has 1 aliphatic carbocycles. The number of nitrogens with zero attached hydrogens (tertiary/aromatic N) is 2. The van der Waals surface area contributed by atoms with Crippen LogP contribution in [0.15, 0.2) is 59.5 Å². The summed E-state index contributed by atoms with van der Waals surface area (Å²) in [7, 11) is -4.19. The Hall–Kier alpha value is -3.58. The number of nitrogens with one attached hydrogen (secondary N) is 2. The van der Waals surface area contributed by atoms with Gasteiger partial charge >= 0.3 is 0 Å². The number of carbonyl (C=O) groups is 2. The molecule has 2 aliphatic rings. The molecule has 1 saturated carbocycles. The van der Waals surface area contributed by atoms with Crippen LogP contribution in [0.25, 0.3) is 10.9 Å². The van der Waals surface area contributed by atoms with Gasteiger partial charge in [0, 0.05) is 22.6 Å². The Morgan fingerprint density at radius 2 is 1.82 bits per heavy atom. The highest BCUT2D eigenvalue weighted by atomic mass is 32.2. The van der Waals surface area contributed by atoms with Crippen LogP contribution in [0.5, 0.6) is 5.75 Å². The number of hydrogen-bond acceptors (Lipinski definition) is 8. The van der Waals surface area contributed by atoms with Crippen molar-refractivity contribution < 1.29 is 33.1 Å². The molecule has 0 atom stereocenters. The lowest BCUT2D eigenvalue weighted by Crippen LogP contribution is -2.77. The molecule has 0 radical (unpaired) electrons. The van der Waals surface area contributed by atoms with Crippen LogP contribution in [0.4, 0.5) is 0 Å². The number of fused-ring (bicyclic) bond motifs is 1. The predicted octanol–water partition coefficient (Wildman–Crippen LogP) is 1.26. The summed E-state index contributed by atoms with van der Waals surface area (Å²) in [6.45, 7) is 1.70. The van der Waals surface area contributed by atoms with Gasteiger partial charge in [0.15, 0.2) is 0 Å². The summed E-state index contributed by atoms with van der Waals surface area (Å²) < 4.78 is 34.4. The molecule has 2 amide bonds. The second-order valence-corrected chi connectivity index (χ2v) is 11.5. The summed E-state index contributed by atoms with van der Waals surface area (Å²) in [6.07, 6.45) is 0.159. The van der Waals surface area contributed by atoms with E-state index < -0.39 is 27.6 Å². The molecule has 3 aromatic rings. The molecule has 1 aliphatic heterocycles. The zero-order valence-corrected chi connectivity index (χ0v) is 21.4. The predicted molar refractivity (Wildman–Crippen MR) is 136 cm³/mol. The monoisotopic (exact) mass is 540 g/mol. The van der Waals surface area contributed by atoms with Crippen LogP contribution in [-0.2, 0) is 26.2 Å². The Labute approximate surface area is 219 Å². The number of aryl methyl sites for hydroxylation is 1. The first-order valence-electron chi connectivity index (χ1n) is 12.1. The van der Waals surface area contributed by atoms with Gasteiger partial charge in [-0.1, -0.05) is 18.2 Å². The topological polar surface area (TPSA) is 158 Å². The number of amides is 2. The highest BCUT2D eigenvalue weighted by molar-refractivity contribution is 7.89. The first-order valence-corrected chi connectivity index (χ1v) is 13.6. The van der Waals surface area contributed by atoms with Gasteiger partial charge in [0.1, 0.15) is 17.9 Å². The van der Waals surface area contributed by atoms with Crippen molar-refractivity contribution in [1.29, 1.82) is 0 Å². The number of aliphatic hydroxyl groups is 1. The molecular formula is C26H28N4O7S. The van der Waals surface area contributed by atoms with Crippen LogP contribution >= 0.6 is 0 Å². The summed E-state index contributed by atoms with van der Waals surface area (Å²) in [6, 6.07) is 15.4. The number of aromatic nitrogens is 1. The first-order chi connectivity index (χ1) is 18.1.